The summed E-state index contributed by atoms with van der Waals surface area (Å²) >= 11 is 0. The number of aliphatic hydroxyl groups excluding tert-OH is 1. The number of rotatable bonds is 18. The Balaban J connectivity index is 2.81. The largest absolute Gasteiger partial charge is 0.493 e. The molecule has 1 aromatic carbocycles. The summed E-state index contributed by atoms with van der Waals surface area (Å²) in [5.41, 5.74) is -1.50. The molecular weight excluding hydrogens is 474 g/mol. The van der Waals surface area contributed by atoms with Crippen LogP contribution in [0.5, 0.6) is 5.75 Å². The van der Waals surface area contributed by atoms with E-state index in [0.29, 0.717) is 26.2 Å². The summed E-state index contributed by atoms with van der Waals surface area (Å²) in [6.45, 7) is 16.8. The highest BCUT2D eigenvalue weighted by molar-refractivity contribution is 5.81. The number of nitrogens with one attached hydrogen (secondary N) is 1. The predicted molar refractivity (Wildman–Crippen MR) is 145 cm³/mol. The Hall–Kier alpha value is -2.58. The van der Waals surface area contributed by atoms with Crippen molar-refractivity contribution in [3.05, 3.63) is 43.0 Å². The van der Waals surface area contributed by atoms with Gasteiger partial charge in [-0.15, -0.1) is 0 Å². The van der Waals surface area contributed by atoms with Crippen molar-refractivity contribution >= 4 is 12.1 Å². The molecule has 0 aliphatic heterocycles. The number of unbranched alkanes of at least 4 members (excludes halogenated alkanes) is 1. The molecule has 0 fully saturated rings. The molecule has 0 heterocycles. The van der Waals surface area contributed by atoms with E-state index in [9.17, 15) is 9.59 Å². The van der Waals surface area contributed by atoms with Crippen LogP contribution >= 0.6 is 0 Å². The predicted octanol–water partition coefficient (Wildman–Crippen LogP) is 5.29. The van der Waals surface area contributed by atoms with Crippen LogP contribution in [0.3, 0.4) is 0 Å². The molecule has 1 aromatic rings. The van der Waals surface area contributed by atoms with E-state index in [1.807, 2.05) is 44.2 Å². The summed E-state index contributed by atoms with van der Waals surface area (Å²) in [5.74, 6) is -0.0330. The Labute approximate surface area is 222 Å². The Morgan fingerprint density at radius 3 is 2.32 bits per heavy atom. The first-order valence-electron chi connectivity index (χ1n) is 13.0. The molecule has 37 heavy (non-hydrogen) atoms. The molecule has 0 aromatic heterocycles. The third kappa shape index (κ3) is 12.0. The highest BCUT2D eigenvalue weighted by Crippen LogP contribution is 2.39. The zero-order valence-electron chi connectivity index (χ0n) is 23.5. The van der Waals surface area contributed by atoms with Crippen LogP contribution in [0.2, 0.25) is 0 Å². The first-order chi connectivity index (χ1) is 17.3. The molecule has 2 N–H and O–H groups in total. The van der Waals surface area contributed by atoms with Crippen molar-refractivity contribution in [2.75, 3.05) is 33.0 Å². The molecule has 0 spiro atoms. The minimum absolute atomic E-state index is 0.134. The highest BCUT2D eigenvalue weighted by Gasteiger charge is 2.41. The summed E-state index contributed by atoms with van der Waals surface area (Å²) in [7, 11) is 0. The number of hydrogen-bond acceptors (Lipinski definition) is 7. The number of carbonyl (C=O) groups is 2. The second-order valence-electron chi connectivity index (χ2n) is 10.9. The minimum atomic E-state index is -0.898. The molecule has 1 amide bonds. The van der Waals surface area contributed by atoms with Gasteiger partial charge in [-0.05, 0) is 64.5 Å². The summed E-state index contributed by atoms with van der Waals surface area (Å²) < 4.78 is 23.2. The molecule has 0 bridgehead atoms. The first kappa shape index (κ1) is 32.4. The topological polar surface area (TPSA) is 103 Å². The van der Waals surface area contributed by atoms with Crippen LogP contribution < -0.4 is 10.1 Å². The SMILES string of the molecule is C=CC(=O)OCCCNC(=O)OC(C)(C)C(COc1ccccc1)COC(C)(C)C(C)(C)CCCCO. The quantitative estimate of drug-likeness (QED) is 0.154. The van der Waals surface area contributed by atoms with Crippen LogP contribution in [0.1, 0.15) is 67.2 Å². The van der Waals surface area contributed by atoms with Crippen molar-refractivity contribution in [1.82, 2.24) is 5.32 Å². The molecular formula is C29H47NO7. The van der Waals surface area contributed by atoms with E-state index in [0.717, 1.165) is 31.1 Å². The zero-order valence-corrected chi connectivity index (χ0v) is 23.5. The van der Waals surface area contributed by atoms with Crippen molar-refractivity contribution in [2.45, 2.75) is 78.4 Å². The maximum absolute atomic E-state index is 12.5. The molecule has 8 heteroatoms. The molecule has 0 saturated heterocycles. The normalized spacial score (nSPS) is 12.9. The fourth-order valence-electron chi connectivity index (χ4n) is 3.50. The van der Waals surface area contributed by atoms with E-state index in [2.05, 4.69) is 39.6 Å². The lowest BCUT2D eigenvalue weighted by molar-refractivity contribution is -0.139. The Kier molecular flexibility index (Phi) is 13.7. The number of aliphatic hydroxyl groups is 1. The van der Waals surface area contributed by atoms with Crippen LogP contribution in [0.15, 0.2) is 43.0 Å². The lowest BCUT2D eigenvalue weighted by atomic mass is 9.73. The smallest absolute Gasteiger partial charge is 0.407 e. The van der Waals surface area contributed by atoms with Gasteiger partial charge < -0.3 is 29.4 Å². The molecule has 1 atom stereocenters. The lowest BCUT2D eigenvalue weighted by Gasteiger charge is -2.44. The van der Waals surface area contributed by atoms with Crippen LogP contribution in [-0.4, -0.2) is 61.3 Å². The summed E-state index contributed by atoms with van der Waals surface area (Å²) in [5, 5.41) is 11.9. The molecule has 1 rings (SSSR count). The maximum Gasteiger partial charge on any atom is 0.407 e. The molecule has 210 valence electrons. The lowest BCUT2D eigenvalue weighted by Crippen LogP contribution is -2.48. The van der Waals surface area contributed by atoms with Gasteiger partial charge in [-0.3, -0.25) is 0 Å². The van der Waals surface area contributed by atoms with E-state index >= 15 is 0 Å². The van der Waals surface area contributed by atoms with Gasteiger partial charge in [0.05, 0.1) is 31.3 Å². The van der Waals surface area contributed by atoms with E-state index in [4.69, 9.17) is 24.1 Å². The Morgan fingerprint density at radius 1 is 1.03 bits per heavy atom. The van der Waals surface area contributed by atoms with Gasteiger partial charge in [0.15, 0.2) is 0 Å². The number of benzene rings is 1. The van der Waals surface area contributed by atoms with Crippen molar-refractivity contribution in [3.8, 4) is 5.75 Å². The third-order valence-electron chi connectivity index (χ3n) is 7.02. The summed E-state index contributed by atoms with van der Waals surface area (Å²) in [6.07, 6.45) is 3.59. The van der Waals surface area contributed by atoms with Gasteiger partial charge in [0.1, 0.15) is 11.4 Å². The monoisotopic (exact) mass is 521 g/mol. The standard InChI is InChI=1S/C29H47NO7/c1-8-25(32)34-20-14-18-30-26(33)37-28(4,5)23(21-35-24-15-10-9-11-16-24)22-36-29(6,7)27(2,3)17-12-13-19-31/h8-11,15-16,23,31H,1,12-14,17-22H2,2-7H3,(H,30,33). The second-order valence-corrected chi connectivity index (χ2v) is 10.9. The number of carbonyl (C=O) groups excluding carboxylic acids is 2. The Bertz CT molecular complexity index is 821. The van der Waals surface area contributed by atoms with E-state index in [-0.39, 0.29) is 24.5 Å². The average Bonchev–Trinajstić information content (AvgIpc) is 2.83. The van der Waals surface area contributed by atoms with Crippen molar-refractivity contribution in [1.29, 1.82) is 0 Å². The summed E-state index contributed by atoms with van der Waals surface area (Å²) in [4.78, 5) is 23.6. The number of esters is 1. The van der Waals surface area contributed by atoms with E-state index in [1.165, 1.54) is 0 Å². The number of ether oxygens (including phenoxy) is 4. The van der Waals surface area contributed by atoms with E-state index < -0.39 is 23.3 Å². The van der Waals surface area contributed by atoms with Crippen molar-refractivity contribution in [3.63, 3.8) is 0 Å². The first-order valence-corrected chi connectivity index (χ1v) is 13.0. The van der Waals surface area contributed by atoms with Crippen molar-refractivity contribution in [2.24, 2.45) is 11.3 Å². The maximum atomic E-state index is 12.5. The number of para-hydroxylation sites is 1. The highest BCUT2D eigenvalue weighted by atomic mass is 16.6. The third-order valence-corrected chi connectivity index (χ3v) is 7.02. The number of amides is 1. The second kappa shape index (κ2) is 15.6. The fraction of sp³-hybridized carbons (Fsp3) is 0.655. The van der Waals surface area contributed by atoms with Crippen LogP contribution in [-0.2, 0) is 19.0 Å². The van der Waals surface area contributed by atoms with Gasteiger partial charge in [-0.1, -0.05) is 45.0 Å². The van der Waals surface area contributed by atoms with Gasteiger partial charge in [-0.25, -0.2) is 9.59 Å². The molecule has 1 unspecified atom stereocenters. The number of hydrogen-bond donors (Lipinski definition) is 2. The minimum Gasteiger partial charge on any atom is -0.493 e. The average molecular weight is 522 g/mol. The Morgan fingerprint density at radius 2 is 1.70 bits per heavy atom. The van der Waals surface area contributed by atoms with Gasteiger partial charge in [0.25, 0.3) is 0 Å². The molecule has 0 aliphatic carbocycles. The number of alkyl carbamates (subject to hydrolysis) is 1. The van der Waals surface area contributed by atoms with Crippen LogP contribution in [0.4, 0.5) is 4.79 Å². The zero-order chi connectivity index (χ0) is 28.0. The van der Waals surface area contributed by atoms with Gasteiger partial charge in [-0.2, -0.15) is 0 Å². The van der Waals surface area contributed by atoms with Gasteiger partial charge >= 0.3 is 12.1 Å². The summed E-state index contributed by atoms with van der Waals surface area (Å²) in [6, 6.07) is 9.49. The van der Waals surface area contributed by atoms with E-state index in [1.54, 1.807) is 0 Å². The van der Waals surface area contributed by atoms with Crippen LogP contribution in [0, 0.1) is 11.3 Å². The molecule has 0 aliphatic rings. The molecule has 0 radical (unpaired) electrons. The van der Waals surface area contributed by atoms with Crippen molar-refractivity contribution < 1.29 is 33.6 Å². The fourth-order valence-corrected chi connectivity index (χ4v) is 3.50. The van der Waals surface area contributed by atoms with Gasteiger partial charge in [0.2, 0.25) is 0 Å². The molecule has 8 nitrogen and oxygen atoms in total. The molecule has 0 saturated carbocycles. The van der Waals surface area contributed by atoms with Crippen LogP contribution in [0.25, 0.3) is 0 Å². The van der Waals surface area contributed by atoms with Gasteiger partial charge in [0, 0.05) is 19.2 Å².